The largest absolute Gasteiger partial charge is 0.356 e. The van der Waals surface area contributed by atoms with E-state index < -0.39 is 0 Å². The number of guanidine groups is 1. The molecule has 0 aromatic carbocycles. The molecule has 6 nitrogen and oxygen atoms in total. The Bertz CT molecular complexity index is 537. The monoisotopic (exact) mass is 420 g/mol. The number of halogens is 1. The predicted molar refractivity (Wildman–Crippen MR) is 97.3 cm³/mol. The highest BCUT2D eigenvalue weighted by molar-refractivity contribution is 14.0. The second-order valence-electron chi connectivity index (χ2n) is 4.34. The van der Waals surface area contributed by atoms with Crippen LogP contribution >= 0.6 is 35.3 Å². The van der Waals surface area contributed by atoms with Crippen LogP contribution in [-0.2, 0) is 13.1 Å². The molecule has 2 N–H and O–H groups in total. The van der Waals surface area contributed by atoms with Crippen molar-refractivity contribution < 1.29 is 0 Å². The summed E-state index contributed by atoms with van der Waals surface area (Å²) in [5.41, 5.74) is 0. The summed E-state index contributed by atoms with van der Waals surface area (Å²) in [7, 11) is 1.77. The Morgan fingerprint density at radius 3 is 2.90 bits per heavy atom. The Morgan fingerprint density at radius 2 is 2.29 bits per heavy atom. The summed E-state index contributed by atoms with van der Waals surface area (Å²) in [6.45, 7) is 4.53. The molecule has 0 saturated heterocycles. The fourth-order valence-electron chi connectivity index (χ4n) is 1.74. The SMILES string of the molecule is CN=C(NCCCn1cccn1)NCc1ncc(C)s1.I. The van der Waals surface area contributed by atoms with Crippen molar-refractivity contribution in [1.29, 1.82) is 0 Å². The minimum absolute atomic E-state index is 0. The predicted octanol–water partition coefficient (Wildman–Crippen LogP) is 2.02. The summed E-state index contributed by atoms with van der Waals surface area (Å²) in [6, 6.07) is 1.93. The standard InChI is InChI=1S/C13H20N6S.HI/c1-11-9-16-12(20-11)10-17-13(14-2)15-5-3-7-19-8-4-6-18-19;/h4,6,8-9H,3,5,7,10H2,1-2H3,(H2,14,15,17);1H. The van der Waals surface area contributed by atoms with Crippen LogP contribution < -0.4 is 10.6 Å². The number of hydrogen-bond donors (Lipinski definition) is 2. The minimum Gasteiger partial charge on any atom is -0.356 e. The van der Waals surface area contributed by atoms with Gasteiger partial charge in [0.15, 0.2) is 5.96 Å². The first-order valence-corrected chi connectivity index (χ1v) is 7.43. The van der Waals surface area contributed by atoms with E-state index in [1.165, 1.54) is 4.88 Å². The van der Waals surface area contributed by atoms with Gasteiger partial charge in [0.2, 0.25) is 0 Å². The van der Waals surface area contributed by atoms with Crippen LogP contribution in [0.15, 0.2) is 29.6 Å². The molecule has 2 aromatic rings. The first-order chi connectivity index (χ1) is 9.78. The average molecular weight is 420 g/mol. The number of aromatic nitrogens is 3. The van der Waals surface area contributed by atoms with E-state index in [2.05, 4.69) is 32.6 Å². The lowest BCUT2D eigenvalue weighted by Gasteiger charge is -2.10. The lowest BCUT2D eigenvalue weighted by Crippen LogP contribution is -2.37. The fourth-order valence-corrected chi connectivity index (χ4v) is 2.47. The van der Waals surface area contributed by atoms with Crippen LogP contribution in [0.3, 0.4) is 0 Å². The zero-order valence-electron chi connectivity index (χ0n) is 12.2. The lowest BCUT2D eigenvalue weighted by molar-refractivity contribution is 0.570. The van der Waals surface area contributed by atoms with Gasteiger partial charge in [-0.25, -0.2) is 4.98 Å². The van der Waals surface area contributed by atoms with E-state index in [9.17, 15) is 0 Å². The molecule has 0 saturated carbocycles. The fraction of sp³-hybridized carbons (Fsp3) is 0.462. The third-order valence-electron chi connectivity index (χ3n) is 2.72. The van der Waals surface area contributed by atoms with Crippen LogP contribution in [0.4, 0.5) is 0 Å². The molecule has 116 valence electrons. The lowest BCUT2D eigenvalue weighted by atomic mass is 10.4. The second-order valence-corrected chi connectivity index (χ2v) is 5.66. The highest BCUT2D eigenvalue weighted by atomic mass is 127. The molecule has 0 fully saturated rings. The molecule has 0 bridgehead atoms. The number of aryl methyl sites for hydroxylation is 2. The van der Waals surface area contributed by atoms with E-state index in [-0.39, 0.29) is 24.0 Å². The van der Waals surface area contributed by atoms with E-state index in [1.807, 2.05) is 23.1 Å². The van der Waals surface area contributed by atoms with E-state index in [1.54, 1.807) is 24.6 Å². The van der Waals surface area contributed by atoms with Crippen LogP contribution in [0, 0.1) is 6.92 Å². The highest BCUT2D eigenvalue weighted by Gasteiger charge is 2.01. The maximum Gasteiger partial charge on any atom is 0.191 e. The zero-order valence-corrected chi connectivity index (χ0v) is 15.4. The molecular formula is C13H21IN6S. The van der Waals surface area contributed by atoms with Gasteiger partial charge in [-0.2, -0.15) is 5.10 Å². The van der Waals surface area contributed by atoms with Crippen LogP contribution in [0.2, 0.25) is 0 Å². The number of aliphatic imine (C=N–C) groups is 1. The molecule has 0 atom stereocenters. The summed E-state index contributed by atoms with van der Waals surface area (Å²) in [6.07, 6.45) is 6.66. The van der Waals surface area contributed by atoms with Gasteiger partial charge < -0.3 is 10.6 Å². The molecule has 0 aliphatic rings. The maximum atomic E-state index is 4.31. The van der Waals surface area contributed by atoms with E-state index in [4.69, 9.17) is 0 Å². The van der Waals surface area contributed by atoms with Gasteiger partial charge in [0.25, 0.3) is 0 Å². The molecule has 0 aliphatic heterocycles. The summed E-state index contributed by atoms with van der Waals surface area (Å²) in [5, 5.41) is 11.8. The second kappa shape index (κ2) is 9.72. The number of thiazole rings is 1. The number of nitrogens with zero attached hydrogens (tertiary/aromatic N) is 4. The Labute approximate surface area is 146 Å². The molecule has 2 rings (SSSR count). The van der Waals surface area contributed by atoms with Crippen molar-refractivity contribution in [2.45, 2.75) is 26.4 Å². The summed E-state index contributed by atoms with van der Waals surface area (Å²) >= 11 is 1.70. The van der Waals surface area contributed by atoms with Crippen molar-refractivity contribution in [3.8, 4) is 0 Å². The minimum atomic E-state index is 0. The van der Waals surface area contributed by atoms with E-state index in [0.29, 0.717) is 6.54 Å². The molecule has 8 heteroatoms. The summed E-state index contributed by atoms with van der Waals surface area (Å²) < 4.78 is 1.93. The van der Waals surface area contributed by atoms with Gasteiger partial charge in [0, 0.05) is 43.6 Å². The number of hydrogen-bond acceptors (Lipinski definition) is 4. The Hall–Kier alpha value is -1.16. The van der Waals surface area contributed by atoms with Crippen molar-refractivity contribution in [1.82, 2.24) is 25.4 Å². The van der Waals surface area contributed by atoms with Crippen molar-refractivity contribution in [2.75, 3.05) is 13.6 Å². The number of rotatable bonds is 6. The Balaban J connectivity index is 0.00000220. The molecule has 0 spiro atoms. The van der Waals surface area contributed by atoms with Crippen molar-refractivity contribution in [3.63, 3.8) is 0 Å². The molecule has 0 radical (unpaired) electrons. The van der Waals surface area contributed by atoms with E-state index >= 15 is 0 Å². The van der Waals surface area contributed by atoms with Crippen LogP contribution in [0.1, 0.15) is 16.3 Å². The van der Waals surface area contributed by atoms with Crippen molar-refractivity contribution in [3.05, 3.63) is 34.5 Å². The molecule has 21 heavy (non-hydrogen) atoms. The summed E-state index contributed by atoms with van der Waals surface area (Å²) in [5.74, 6) is 0.804. The summed E-state index contributed by atoms with van der Waals surface area (Å²) in [4.78, 5) is 9.73. The van der Waals surface area contributed by atoms with Crippen molar-refractivity contribution >= 4 is 41.3 Å². The average Bonchev–Trinajstić information content (AvgIpc) is 3.09. The first kappa shape index (κ1) is 17.9. The van der Waals surface area contributed by atoms with Gasteiger partial charge in [0.1, 0.15) is 5.01 Å². The van der Waals surface area contributed by atoms with E-state index in [0.717, 1.165) is 30.5 Å². The third-order valence-corrected chi connectivity index (χ3v) is 3.63. The van der Waals surface area contributed by atoms with Gasteiger partial charge in [0.05, 0.1) is 6.54 Å². The molecule has 0 amide bonds. The van der Waals surface area contributed by atoms with Gasteiger partial charge in [-0.1, -0.05) is 0 Å². The van der Waals surface area contributed by atoms with Gasteiger partial charge >= 0.3 is 0 Å². The molecule has 2 aromatic heterocycles. The Morgan fingerprint density at radius 1 is 1.43 bits per heavy atom. The first-order valence-electron chi connectivity index (χ1n) is 6.61. The third kappa shape index (κ3) is 6.42. The molecule has 0 unspecified atom stereocenters. The smallest absolute Gasteiger partial charge is 0.191 e. The maximum absolute atomic E-state index is 4.31. The topological polar surface area (TPSA) is 67.1 Å². The van der Waals surface area contributed by atoms with Gasteiger partial charge in [-0.15, -0.1) is 35.3 Å². The quantitative estimate of drug-likeness (QED) is 0.325. The van der Waals surface area contributed by atoms with Gasteiger partial charge in [-0.3, -0.25) is 9.67 Å². The molecule has 2 heterocycles. The van der Waals surface area contributed by atoms with Gasteiger partial charge in [-0.05, 0) is 19.4 Å². The zero-order chi connectivity index (χ0) is 14.2. The van der Waals surface area contributed by atoms with Crippen LogP contribution in [0.25, 0.3) is 0 Å². The Kier molecular flexibility index (Phi) is 8.28. The normalized spacial score (nSPS) is 11.0. The van der Waals surface area contributed by atoms with Crippen molar-refractivity contribution in [2.24, 2.45) is 4.99 Å². The number of nitrogens with one attached hydrogen (secondary N) is 2. The molecular weight excluding hydrogens is 399 g/mol. The molecule has 0 aliphatic carbocycles. The van der Waals surface area contributed by atoms with Crippen LogP contribution in [-0.4, -0.2) is 34.3 Å². The highest BCUT2D eigenvalue weighted by Crippen LogP contribution is 2.10. The van der Waals surface area contributed by atoms with Crippen LogP contribution in [0.5, 0.6) is 0 Å².